The quantitative estimate of drug-likeness (QED) is 0.339. The molecular formula is C22H22FeO2-6. The third-order valence-corrected chi connectivity index (χ3v) is 3.60. The van der Waals surface area contributed by atoms with Crippen molar-refractivity contribution in [2.24, 2.45) is 0 Å². The predicted octanol–water partition coefficient (Wildman–Crippen LogP) is 5.41. The van der Waals surface area contributed by atoms with E-state index in [-0.39, 0.29) is 29.0 Å². The number of Topliss-reactive ketones (excluding diaryl/α,β-unsaturated/α-hetero) is 1. The van der Waals surface area contributed by atoms with E-state index < -0.39 is 0 Å². The molecule has 25 heavy (non-hydrogen) atoms. The molecule has 1 atom stereocenters. The molecule has 0 saturated heterocycles. The average molecular weight is 374 g/mol. The van der Waals surface area contributed by atoms with Crippen LogP contribution in [0.2, 0.25) is 0 Å². The number of carbonyl (C=O) groups excluding carboxylic acids is 1. The standard InChI is InChI=1S/C15H15O.C7H7O.Fe/c1-16-15(14-9-3-2-4-10-14)12-11-13-7-5-6-8-13;1-6(8)7-4-2-3-5-7;/h2-12,15H,1H3;2-5H,1H3;/q-1;-5;. The minimum Gasteiger partial charge on any atom is -0.718 e. The van der Waals surface area contributed by atoms with Crippen LogP contribution in [0.3, 0.4) is 0 Å². The van der Waals surface area contributed by atoms with E-state index in [2.05, 4.69) is 36.4 Å². The largest absolute Gasteiger partial charge is 0.718 e. The molecule has 0 N–H and O–H groups in total. The number of ether oxygens (including phenoxy) is 1. The van der Waals surface area contributed by atoms with Gasteiger partial charge in [0.2, 0.25) is 0 Å². The molecule has 0 aliphatic rings. The first-order chi connectivity index (χ1) is 11.7. The molecule has 0 heterocycles. The molecule has 3 aromatic rings. The third kappa shape index (κ3) is 7.06. The topological polar surface area (TPSA) is 26.3 Å². The summed E-state index contributed by atoms with van der Waals surface area (Å²) >= 11 is 0. The predicted molar refractivity (Wildman–Crippen MR) is 99.3 cm³/mol. The van der Waals surface area contributed by atoms with Gasteiger partial charge in [0.05, 0.1) is 6.10 Å². The number of methoxy groups -OCH3 is 1. The van der Waals surface area contributed by atoms with Crippen molar-refractivity contribution < 1.29 is 26.6 Å². The fourth-order valence-corrected chi connectivity index (χ4v) is 2.28. The third-order valence-electron chi connectivity index (χ3n) is 3.60. The second kappa shape index (κ2) is 11.4. The van der Waals surface area contributed by atoms with Crippen LogP contribution in [-0.2, 0) is 21.8 Å². The summed E-state index contributed by atoms with van der Waals surface area (Å²) in [4.78, 5) is 10.5. The maximum absolute atomic E-state index is 10.5. The molecular weight excluding hydrogens is 352 g/mol. The first-order valence-electron chi connectivity index (χ1n) is 7.91. The molecule has 3 aromatic carbocycles. The van der Waals surface area contributed by atoms with Crippen molar-refractivity contribution in [2.45, 2.75) is 13.0 Å². The Hall–Kier alpha value is -2.19. The summed E-state index contributed by atoms with van der Waals surface area (Å²) in [6.07, 6.45) is 4.18. The van der Waals surface area contributed by atoms with Crippen LogP contribution in [0, 0.1) is 0 Å². The minimum atomic E-state index is 0. The summed E-state index contributed by atoms with van der Waals surface area (Å²) < 4.78 is 5.45. The fraction of sp³-hybridized carbons (Fsp3) is 0.136. The Morgan fingerprint density at radius 1 is 1.08 bits per heavy atom. The van der Waals surface area contributed by atoms with Crippen LogP contribution in [-0.4, -0.2) is 12.9 Å². The van der Waals surface area contributed by atoms with Gasteiger partial charge in [-0.05, 0) is 5.56 Å². The monoisotopic (exact) mass is 374 g/mol. The Morgan fingerprint density at radius 3 is 2.16 bits per heavy atom. The van der Waals surface area contributed by atoms with Gasteiger partial charge in [0.25, 0.3) is 0 Å². The van der Waals surface area contributed by atoms with Gasteiger partial charge in [0.15, 0.2) is 0 Å². The number of ketones is 1. The second-order valence-electron chi connectivity index (χ2n) is 5.37. The Labute approximate surface area is 160 Å². The van der Waals surface area contributed by atoms with Gasteiger partial charge in [0, 0.05) is 24.2 Å². The van der Waals surface area contributed by atoms with Crippen LogP contribution in [0.15, 0.2) is 84.9 Å². The Kier molecular flexibility index (Phi) is 9.49. The van der Waals surface area contributed by atoms with Gasteiger partial charge in [0.1, 0.15) is 0 Å². The molecule has 0 fully saturated rings. The molecule has 0 saturated carbocycles. The SMILES string of the molecule is CC(=O)[c-]1[cH-][cH-][cH-][cH-]1.COC(C=C[c-]1cccc1)c1ccccc1.[Fe]. The average Bonchev–Trinajstić information content (AvgIpc) is 3.31. The number of hydrogen-bond acceptors (Lipinski definition) is 2. The van der Waals surface area contributed by atoms with E-state index >= 15 is 0 Å². The van der Waals surface area contributed by atoms with Gasteiger partial charge in [-0.2, -0.15) is 12.1 Å². The molecule has 0 bridgehead atoms. The summed E-state index contributed by atoms with van der Waals surface area (Å²) in [6.45, 7) is 1.56. The number of carbonyl (C=O) groups is 1. The maximum atomic E-state index is 10.5. The molecule has 0 spiro atoms. The Balaban J connectivity index is 0.000000295. The van der Waals surface area contributed by atoms with Crippen molar-refractivity contribution in [1.82, 2.24) is 0 Å². The van der Waals surface area contributed by atoms with E-state index in [1.807, 2.05) is 54.6 Å². The molecule has 136 valence electrons. The molecule has 1 unspecified atom stereocenters. The first-order valence-corrected chi connectivity index (χ1v) is 7.91. The molecule has 0 aliphatic heterocycles. The summed E-state index contributed by atoms with van der Waals surface area (Å²) in [6, 6.07) is 25.8. The summed E-state index contributed by atoms with van der Waals surface area (Å²) in [5.41, 5.74) is 3.18. The fourth-order valence-electron chi connectivity index (χ4n) is 2.28. The molecule has 3 rings (SSSR count). The number of rotatable bonds is 5. The van der Waals surface area contributed by atoms with Crippen LogP contribution in [0.4, 0.5) is 0 Å². The van der Waals surface area contributed by atoms with Crippen molar-refractivity contribution in [3.05, 3.63) is 102 Å². The van der Waals surface area contributed by atoms with Crippen LogP contribution >= 0.6 is 0 Å². The zero-order valence-electron chi connectivity index (χ0n) is 14.4. The Morgan fingerprint density at radius 2 is 1.68 bits per heavy atom. The molecule has 0 aromatic heterocycles. The van der Waals surface area contributed by atoms with Gasteiger partial charge in [-0.3, -0.25) is 5.78 Å². The molecule has 0 aliphatic carbocycles. The van der Waals surface area contributed by atoms with Crippen LogP contribution < -0.4 is 0 Å². The van der Waals surface area contributed by atoms with Gasteiger partial charge < -0.3 is 39.4 Å². The van der Waals surface area contributed by atoms with Crippen molar-refractivity contribution >= 4 is 11.9 Å². The van der Waals surface area contributed by atoms with Crippen molar-refractivity contribution in [3.63, 3.8) is 0 Å². The van der Waals surface area contributed by atoms with Gasteiger partial charge in [-0.1, -0.05) is 30.3 Å². The van der Waals surface area contributed by atoms with Gasteiger partial charge in [-0.25, -0.2) is 0 Å². The van der Waals surface area contributed by atoms with Gasteiger partial charge in [-0.15, -0.1) is 36.8 Å². The molecule has 2 nitrogen and oxygen atoms in total. The zero-order chi connectivity index (χ0) is 17.2. The number of hydrogen-bond donors (Lipinski definition) is 0. The van der Waals surface area contributed by atoms with E-state index in [1.54, 1.807) is 14.0 Å². The summed E-state index contributed by atoms with van der Waals surface area (Å²) in [7, 11) is 1.73. The van der Waals surface area contributed by atoms with E-state index in [9.17, 15) is 4.79 Å². The van der Waals surface area contributed by atoms with Crippen molar-refractivity contribution in [1.29, 1.82) is 0 Å². The van der Waals surface area contributed by atoms with Crippen molar-refractivity contribution in [2.75, 3.05) is 7.11 Å². The van der Waals surface area contributed by atoms with Gasteiger partial charge >= 0.3 is 0 Å². The minimum absolute atomic E-state index is 0. The van der Waals surface area contributed by atoms with Crippen LogP contribution in [0.5, 0.6) is 0 Å². The van der Waals surface area contributed by atoms with Crippen LogP contribution in [0.1, 0.15) is 34.5 Å². The van der Waals surface area contributed by atoms with E-state index in [0.29, 0.717) is 0 Å². The molecule has 3 heteroatoms. The van der Waals surface area contributed by atoms with E-state index in [0.717, 1.165) is 5.56 Å². The van der Waals surface area contributed by atoms with E-state index in [4.69, 9.17) is 4.74 Å². The van der Waals surface area contributed by atoms with E-state index in [1.165, 1.54) is 11.1 Å². The summed E-state index contributed by atoms with van der Waals surface area (Å²) in [5.74, 6) is 0.134. The maximum Gasteiger partial charge on any atom is 0.0686 e. The summed E-state index contributed by atoms with van der Waals surface area (Å²) in [5, 5.41) is 0. The second-order valence-corrected chi connectivity index (χ2v) is 5.37. The zero-order valence-corrected chi connectivity index (χ0v) is 15.5. The van der Waals surface area contributed by atoms with Crippen molar-refractivity contribution in [3.8, 4) is 0 Å². The normalized spacial score (nSPS) is 11.3. The number of benzene rings is 1. The molecule has 0 radical (unpaired) electrons. The smallest absolute Gasteiger partial charge is 0.0686 e. The van der Waals surface area contributed by atoms with Crippen LogP contribution in [0.25, 0.3) is 6.08 Å². The molecule has 0 amide bonds. The first kappa shape index (κ1) is 20.9. The Bertz CT molecular complexity index is 726.